The number of carbonyl (C=O) groups is 2. The molecule has 0 N–H and O–H groups in total. The van der Waals surface area contributed by atoms with Gasteiger partial charge in [0.1, 0.15) is 6.04 Å². The van der Waals surface area contributed by atoms with Crippen LogP contribution in [0.2, 0.25) is 0 Å². The molecule has 0 spiro atoms. The molecule has 2 heterocycles. The lowest BCUT2D eigenvalue weighted by Crippen LogP contribution is -2.54. The third kappa shape index (κ3) is 2.10. The standard InChI is InChI=1S/C14H20N2O2/c1-4-14(2,3)16-10-8-12(17)15-9-6-5-7-11(15)13(16)18/h1,11H,5-10H2,2-3H3. The molecule has 2 amide bonds. The lowest BCUT2D eigenvalue weighted by molar-refractivity contribution is -0.144. The second-order valence-electron chi connectivity index (χ2n) is 5.54. The van der Waals surface area contributed by atoms with E-state index in [4.69, 9.17) is 6.42 Å². The molecule has 18 heavy (non-hydrogen) atoms. The minimum absolute atomic E-state index is 0.0171. The van der Waals surface area contributed by atoms with Crippen molar-refractivity contribution in [3.05, 3.63) is 0 Å². The van der Waals surface area contributed by atoms with Gasteiger partial charge in [-0.3, -0.25) is 9.59 Å². The van der Waals surface area contributed by atoms with Crippen molar-refractivity contribution in [3.63, 3.8) is 0 Å². The Hall–Kier alpha value is -1.50. The zero-order valence-electron chi connectivity index (χ0n) is 11.1. The van der Waals surface area contributed by atoms with Gasteiger partial charge in [-0.05, 0) is 33.1 Å². The van der Waals surface area contributed by atoms with E-state index in [-0.39, 0.29) is 17.9 Å². The number of hydrogen-bond donors (Lipinski definition) is 0. The summed E-state index contributed by atoms with van der Waals surface area (Å²) in [5.74, 6) is 2.76. The Kier molecular flexibility index (Phi) is 3.34. The van der Waals surface area contributed by atoms with Gasteiger partial charge >= 0.3 is 0 Å². The van der Waals surface area contributed by atoms with Crippen molar-refractivity contribution in [1.82, 2.24) is 9.80 Å². The summed E-state index contributed by atoms with van der Waals surface area (Å²) in [6.45, 7) is 4.85. The van der Waals surface area contributed by atoms with Gasteiger partial charge in [0, 0.05) is 19.5 Å². The molecule has 2 saturated heterocycles. The third-order valence-corrected chi connectivity index (χ3v) is 3.95. The van der Waals surface area contributed by atoms with Crippen LogP contribution < -0.4 is 0 Å². The average molecular weight is 248 g/mol. The van der Waals surface area contributed by atoms with Gasteiger partial charge in [0.15, 0.2) is 0 Å². The zero-order valence-corrected chi connectivity index (χ0v) is 11.1. The van der Waals surface area contributed by atoms with E-state index in [0.29, 0.717) is 19.5 Å². The molecule has 0 aromatic carbocycles. The molecule has 98 valence electrons. The fraction of sp³-hybridized carbons (Fsp3) is 0.714. The molecule has 2 aliphatic heterocycles. The molecule has 0 aromatic rings. The van der Waals surface area contributed by atoms with Crippen LogP contribution in [-0.4, -0.2) is 46.3 Å². The molecule has 0 bridgehead atoms. The number of hydrogen-bond acceptors (Lipinski definition) is 2. The van der Waals surface area contributed by atoms with E-state index in [1.54, 1.807) is 9.80 Å². The van der Waals surface area contributed by atoms with Crippen LogP contribution in [0.3, 0.4) is 0 Å². The zero-order chi connectivity index (χ0) is 13.3. The van der Waals surface area contributed by atoms with Gasteiger partial charge in [-0.1, -0.05) is 5.92 Å². The van der Waals surface area contributed by atoms with Crippen molar-refractivity contribution in [1.29, 1.82) is 0 Å². The predicted molar refractivity (Wildman–Crippen MR) is 68.6 cm³/mol. The quantitative estimate of drug-likeness (QED) is 0.650. The molecule has 2 fully saturated rings. The summed E-state index contributed by atoms with van der Waals surface area (Å²) in [4.78, 5) is 28.1. The highest BCUT2D eigenvalue weighted by Gasteiger charge is 2.41. The van der Waals surface area contributed by atoms with Crippen molar-refractivity contribution in [2.45, 2.75) is 51.1 Å². The summed E-state index contributed by atoms with van der Waals surface area (Å²) in [5.41, 5.74) is -0.620. The number of nitrogens with zero attached hydrogens (tertiary/aromatic N) is 2. The molecular weight excluding hydrogens is 228 g/mol. The van der Waals surface area contributed by atoms with Crippen molar-refractivity contribution in [3.8, 4) is 12.3 Å². The van der Waals surface area contributed by atoms with Gasteiger partial charge in [0.25, 0.3) is 0 Å². The second-order valence-corrected chi connectivity index (χ2v) is 5.54. The van der Waals surface area contributed by atoms with Crippen LogP contribution in [0.1, 0.15) is 39.5 Å². The van der Waals surface area contributed by atoms with Crippen molar-refractivity contribution >= 4 is 11.8 Å². The van der Waals surface area contributed by atoms with Crippen LogP contribution in [0.25, 0.3) is 0 Å². The average Bonchev–Trinajstić information content (AvgIpc) is 2.49. The van der Waals surface area contributed by atoms with Gasteiger partial charge in [-0.2, -0.15) is 0 Å². The van der Waals surface area contributed by atoms with Gasteiger partial charge < -0.3 is 9.80 Å². The monoisotopic (exact) mass is 248 g/mol. The molecule has 0 aromatic heterocycles. The number of carbonyl (C=O) groups excluding carboxylic acids is 2. The Morgan fingerprint density at radius 3 is 2.67 bits per heavy atom. The van der Waals surface area contributed by atoms with E-state index in [9.17, 15) is 9.59 Å². The molecule has 4 nitrogen and oxygen atoms in total. The van der Waals surface area contributed by atoms with Crippen LogP contribution in [0, 0.1) is 12.3 Å². The second kappa shape index (κ2) is 4.64. The fourth-order valence-corrected chi connectivity index (χ4v) is 2.76. The van der Waals surface area contributed by atoms with Gasteiger partial charge in [0.05, 0.1) is 5.54 Å². The van der Waals surface area contributed by atoms with E-state index in [2.05, 4.69) is 5.92 Å². The summed E-state index contributed by atoms with van der Waals surface area (Å²) in [5, 5.41) is 0. The van der Waals surface area contributed by atoms with Gasteiger partial charge in [-0.25, -0.2) is 0 Å². The summed E-state index contributed by atoms with van der Waals surface area (Å²) in [7, 11) is 0. The first-order chi connectivity index (χ1) is 8.47. The largest absolute Gasteiger partial charge is 0.331 e. The molecule has 1 unspecified atom stereocenters. The number of amides is 2. The van der Waals surface area contributed by atoms with Crippen LogP contribution in [0.15, 0.2) is 0 Å². The number of fused-ring (bicyclic) bond motifs is 1. The lowest BCUT2D eigenvalue weighted by atomic mass is 9.98. The number of piperidine rings is 1. The Morgan fingerprint density at radius 2 is 2.00 bits per heavy atom. The molecule has 1 atom stereocenters. The lowest BCUT2D eigenvalue weighted by Gasteiger charge is -2.38. The van der Waals surface area contributed by atoms with Crippen LogP contribution in [0.4, 0.5) is 0 Å². The molecule has 0 saturated carbocycles. The minimum Gasteiger partial charge on any atom is -0.331 e. The van der Waals surface area contributed by atoms with Crippen LogP contribution >= 0.6 is 0 Å². The highest BCUT2D eigenvalue weighted by Crippen LogP contribution is 2.26. The summed E-state index contributed by atoms with van der Waals surface area (Å²) >= 11 is 0. The Labute approximate surface area is 108 Å². The maximum atomic E-state index is 12.6. The topological polar surface area (TPSA) is 40.6 Å². The Balaban J connectivity index is 2.30. The van der Waals surface area contributed by atoms with Crippen molar-refractivity contribution in [2.75, 3.05) is 13.1 Å². The Morgan fingerprint density at radius 1 is 1.28 bits per heavy atom. The first kappa shape index (κ1) is 12.9. The van der Waals surface area contributed by atoms with Crippen LogP contribution in [-0.2, 0) is 9.59 Å². The smallest absolute Gasteiger partial charge is 0.246 e. The minimum atomic E-state index is -0.620. The van der Waals surface area contributed by atoms with E-state index < -0.39 is 5.54 Å². The molecule has 2 rings (SSSR count). The highest BCUT2D eigenvalue weighted by atomic mass is 16.2. The molecule has 2 aliphatic rings. The SMILES string of the molecule is C#CC(C)(C)N1CCC(=O)N2CCCCC2C1=O. The van der Waals surface area contributed by atoms with E-state index >= 15 is 0 Å². The van der Waals surface area contributed by atoms with E-state index in [1.807, 2.05) is 13.8 Å². The number of terminal acetylenes is 1. The summed E-state index contributed by atoms with van der Waals surface area (Å²) < 4.78 is 0. The third-order valence-electron chi connectivity index (χ3n) is 3.95. The maximum absolute atomic E-state index is 12.6. The van der Waals surface area contributed by atoms with Crippen molar-refractivity contribution in [2.24, 2.45) is 0 Å². The highest BCUT2D eigenvalue weighted by molar-refractivity contribution is 5.90. The summed E-state index contributed by atoms with van der Waals surface area (Å²) in [6.07, 6.45) is 8.66. The molecule has 0 aliphatic carbocycles. The molecular formula is C14H20N2O2. The van der Waals surface area contributed by atoms with Crippen LogP contribution in [0.5, 0.6) is 0 Å². The first-order valence-corrected chi connectivity index (χ1v) is 6.56. The molecule has 4 heteroatoms. The van der Waals surface area contributed by atoms with Crippen molar-refractivity contribution < 1.29 is 9.59 Å². The fourth-order valence-electron chi connectivity index (χ4n) is 2.76. The maximum Gasteiger partial charge on any atom is 0.246 e. The number of rotatable bonds is 1. The van der Waals surface area contributed by atoms with E-state index in [1.165, 1.54) is 0 Å². The van der Waals surface area contributed by atoms with Gasteiger partial charge in [0.2, 0.25) is 11.8 Å². The Bertz CT molecular complexity index is 409. The predicted octanol–water partition coefficient (Wildman–Crippen LogP) is 1.01. The normalized spacial score (nSPS) is 25.5. The van der Waals surface area contributed by atoms with Gasteiger partial charge in [-0.15, -0.1) is 6.42 Å². The summed E-state index contributed by atoms with van der Waals surface area (Å²) in [6, 6.07) is -0.290. The first-order valence-electron chi connectivity index (χ1n) is 6.56. The van der Waals surface area contributed by atoms with E-state index in [0.717, 1.165) is 19.3 Å². The molecule has 0 radical (unpaired) electrons.